The monoisotopic (exact) mass is 610 g/mol. The summed E-state index contributed by atoms with van der Waals surface area (Å²) in [7, 11) is 1.60. The van der Waals surface area contributed by atoms with Crippen LogP contribution < -0.4 is 20.7 Å². The van der Waals surface area contributed by atoms with Gasteiger partial charge in [0.25, 0.3) is 0 Å². The van der Waals surface area contributed by atoms with E-state index in [4.69, 9.17) is 9.47 Å². The number of rotatable bonds is 17. The van der Waals surface area contributed by atoms with Crippen LogP contribution in [0, 0.1) is 0 Å². The molecule has 0 aromatic heterocycles. The highest BCUT2D eigenvalue weighted by atomic mass is 16.5. The third kappa shape index (κ3) is 12.0. The van der Waals surface area contributed by atoms with Crippen molar-refractivity contribution in [2.75, 3.05) is 33.4 Å². The highest BCUT2D eigenvalue weighted by Crippen LogP contribution is 2.14. The van der Waals surface area contributed by atoms with Crippen LogP contribution in [-0.2, 0) is 36.9 Å². The number of aliphatic hydroxyl groups is 1. The van der Waals surface area contributed by atoms with Gasteiger partial charge in [0.05, 0.1) is 25.9 Å². The van der Waals surface area contributed by atoms with Crippen LogP contribution in [-0.4, -0.2) is 85.2 Å². The Bertz CT molecular complexity index is 1200. The van der Waals surface area contributed by atoms with E-state index in [-0.39, 0.29) is 31.9 Å². The standard InChI is InChI=1S/C33H46N4O7/c1-3-44-32(41)21-30(39)35-27(15-16-31(40)37-17-8-5-9-18-37)33(42)36-28(20-24-11-6-4-7-12-24)29(38)23-34-22-25-13-10-14-26(19-25)43-2/h4,6-7,10-14,19,27-29,34,38H,3,5,8-9,15-18,20-23H2,1-2H3,(H,35,39)(H,36,42)/t27-,28+,29+/m1/s1. The third-order valence-corrected chi connectivity index (χ3v) is 7.52. The number of ether oxygens (including phenoxy) is 2. The molecule has 4 N–H and O–H groups in total. The molecule has 11 nitrogen and oxygen atoms in total. The van der Waals surface area contributed by atoms with Crippen LogP contribution >= 0.6 is 0 Å². The number of carbonyl (C=O) groups excluding carboxylic acids is 4. The van der Waals surface area contributed by atoms with Gasteiger partial charge in [0.1, 0.15) is 18.2 Å². The van der Waals surface area contributed by atoms with Gasteiger partial charge in [0, 0.05) is 32.6 Å². The molecule has 1 fully saturated rings. The van der Waals surface area contributed by atoms with Crippen LogP contribution in [0.4, 0.5) is 0 Å². The van der Waals surface area contributed by atoms with E-state index in [9.17, 15) is 24.3 Å². The van der Waals surface area contributed by atoms with Gasteiger partial charge in [0.2, 0.25) is 17.7 Å². The Labute approximate surface area is 259 Å². The van der Waals surface area contributed by atoms with E-state index in [2.05, 4.69) is 16.0 Å². The molecule has 3 atom stereocenters. The zero-order valence-electron chi connectivity index (χ0n) is 25.8. The molecule has 1 aliphatic heterocycles. The van der Waals surface area contributed by atoms with E-state index < -0.39 is 42.4 Å². The van der Waals surface area contributed by atoms with E-state index in [0.29, 0.717) is 26.1 Å². The van der Waals surface area contributed by atoms with E-state index in [1.807, 2.05) is 54.6 Å². The van der Waals surface area contributed by atoms with Crippen molar-refractivity contribution in [3.63, 3.8) is 0 Å². The molecule has 0 saturated carbocycles. The van der Waals surface area contributed by atoms with Gasteiger partial charge in [-0.3, -0.25) is 19.2 Å². The van der Waals surface area contributed by atoms with Crippen LogP contribution in [0.5, 0.6) is 5.75 Å². The zero-order valence-corrected chi connectivity index (χ0v) is 25.8. The van der Waals surface area contributed by atoms with E-state index in [1.54, 1.807) is 18.9 Å². The molecule has 3 rings (SSSR count). The first-order valence-electron chi connectivity index (χ1n) is 15.4. The largest absolute Gasteiger partial charge is 0.497 e. The average Bonchev–Trinajstić information content (AvgIpc) is 3.03. The molecular formula is C33H46N4O7. The molecule has 11 heteroatoms. The number of hydrogen-bond acceptors (Lipinski definition) is 8. The molecule has 240 valence electrons. The molecule has 2 aromatic rings. The van der Waals surface area contributed by atoms with Crippen LogP contribution in [0.15, 0.2) is 54.6 Å². The Kier molecular flexibility index (Phi) is 14.6. The Morgan fingerprint density at radius 2 is 1.68 bits per heavy atom. The number of nitrogens with zero attached hydrogens (tertiary/aromatic N) is 1. The minimum Gasteiger partial charge on any atom is -0.497 e. The summed E-state index contributed by atoms with van der Waals surface area (Å²) in [6, 6.07) is 15.3. The number of benzene rings is 2. The molecule has 0 aliphatic carbocycles. The number of methoxy groups -OCH3 is 1. The number of piperidine rings is 1. The van der Waals surface area contributed by atoms with Crippen LogP contribution in [0.2, 0.25) is 0 Å². The second kappa shape index (κ2) is 18.6. The Hall–Kier alpha value is -3.96. The van der Waals surface area contributed by atoms with Gasteiger partial charge in [-0.25, -0.2) is 0 Å². The summed E-state index contributed by atoms with van der Waals surface area (Å²) in [5, 5.41) is 20.0. The fourth-order valence-electron chi connectivity index (χ4n) is 5.15. The molecule has 1 saturated heterocycles. The molecule has 44 heavy (non-hydrogen) atoms. The van der Waals surface area contributed by atoms with Crippen LogP contribution in [0.1, 0.15) is 56.6 Å². The van der Waals surface area contributed by atoms with Gasteiger partial charge in [-0.05, 0) is 62.3 Å². The van der Waals surface area contributed by atoms with E-state index in [0.717, 1.165) is 36.1 Å². The topological polar surface area (TPSA) is 146 Å². The van der Waals surface area contributed by atoms with Crippen LogP contribution in [0.25, 0.3) is 0 Å². The Balaban J connectivity index is 1.70. The maximum Gasteiger partial charge on any atom is 0.315 e. The molecule has 0 bridgehead atoms. The molecule has 3 amide bonds. The predicted octanol–water partition coefficient (Wildman–Crippen LogP) is 2.10. The lowest BCUT2D eigenvalue weighted by atomic mass is 9.99. The number of amides is 3. The summed E-state index contributed by atoms with van der Waals surface area (Å²) in [5.41, 5.74) is 1.88. The lowest BCUT2D eigenvalue weighted by Gasteiger charge is -2.29. The molecule has 0 radical (unpaired) electrons. The minimum atomic E-state index is -1.08. The van der Waals surface area contributed by atoms with E-state index in [1.165, 1.54) is 0 Å². The SMILES string of the molecule is CCOC(=O)CC(=O)N[C@H](CCC(=O)N1CCCCC1)C(=O)N[C@@H](Cc1ccccc1)[C@@H](O)CNCc1cccc(OC)c1. The average molecular weight is 611 g/mol. The maximum atomic E-state index is 13.6. The number of likely N-dealkylation sites (tertiary alicyclic amines) is 1. The second-order valence-corrected chi connectivity index (χ2v) is 10.9. The molecule has 0 spiro atoms. The fourth-order valence-corrected chi connectivity index (χ4v) is 5.15. The van der Waals surface area contributed by atoms with Crippen molar-refractivity contribution in [3.05, 3.63) is 65.7 Å². The summed E-state index contributed by atoms with van der Waals surface area (Å²) in [5.74, 6) is -1.26. The van der Waals surface area contributed by atoms with Crippen molar-refractivity contribution in [1.82, 2.24) is 20.9 Å². The maximum absolute atomic E-state index is 13.6. The predicted molar refractivity (Wildman–Crippen MR) is 166 cm³/mol. The highest BCUT2D eigenvalue weighted by Gasteiger charge is 2.29. The number of esters is 1. The minimum absolute atomic E-state index is 0.0535. The van der Waals surface area contributed by atoms with Gasteiger partial charge in [0.15, 0.2) is 0 Å². The number of aliphatic hydroxyl groups excluding tert-OH is 1. The summed E-state index contributed by atoms with van der Waals surface area (Å²) in [6.45, 7) is 3.79. The van der Waals surface area contributed by atoms with Crippen molar-refractivity contribution in [2.24, 2.45) is 0 Å². The fraction of sp³-hybridized carbons (Fsp3) is 0.515. The van der Waals surface area contributed by atoms with Gasteiger partial charge in [-0.2, -0.15) is 0 Å². The normalized spacial score (nSPS) is 15.0. The quantitative estimate of drug-likeness (QED) is 0.157. The summed E-state index contributed by atoms with van der Waals surface area (Å²) in [6.07, 6.45) is 1.90. The number of carbonyl (C=O) groups is 4. The second-order valence-electron chi connectivity index (χ2n) is 10.9. The summed E-state index contributed by atoms with van der Waals surface area (Å²) < 4.78 is 10.1. The van der Waals surface area contributed by atoms with Gasteiger partial charge in [-0.1, -0.05) is 42.5 Å². The van der Waals surface area contributed by atoms with E-state index >= 15 is 0 Å². The molecule has 0 unspecified atom stereocenters. The lowest BCUT2D eigenvalue weighted by Crippen LogP contribution is -2.55. The van der Waals surface area contributed by atoms with Crippen molar-refractivity contribution >= 4 is 23.7 Å². The smallest absolute Gasteiger partial charge is 0.315 e. The van der Waals surface area contributed by atoms with Gasteiger partial charge in [-0.15, -0.1) is 0 Å². The van der Waals surface area contributed by atoms with Gasteiger partial charge >= 0.3 is 5.97 Å². The Morgan fingerprint density at radius 3 is 2.39 bits per heavy atom. The first kappa shape index (κ1) is 34.5. The zero-order chi connectivity index (χ0) is 31.7. The Morgan fingerprint density at radius 1 is 0.955 bits per heavy atom. The van der Waals surface area contributed by atoms with Crippen molar-refractivity contribution in [2.45, 2.75) is 76.6 Å². The first-order chi connectivity index (χ1) is 21.3. The molecule has 2 aromatic carbocycles. The first-order valence-corrected chi connectivity index (χ1v) is 15.4. The van der Waals surface area contributed by atoms with Gasteiger partial charge < -0.3 is 35.4 Å². The third-order valence-electron chi connectivity index (χ3n) is 7.52. The number of hydrogen-bond donors (Lipinski definition) is 4. The summed E-state index contributed by atoms with van der Waals surface area (Å²) in [4.78, 5) is 52.9. The summed E-state index contributed by atoms with van der Waals surface area (Å²) >= 11 is 0. The number of nitrogens with one attached hydrogen (secondary N) is 3. The van der Waals surface area contributed by atoms with Crippen molar-refractivity contribution in [3.8, 4) is 5.75 Å². The lowest BCUT2D eigenvalue weighted by molar-refractivity contribution is -0.147. The van der Waals surface area contributed by atoms with Crippen molar-refractivity contribution in [1.29, 1.82) is 0 Å². The molecule has 1 heterocycles. The van der Waals surface area contributed by atoms with Crippen LogP contribution in [0.3, 0.4) is 0 Å². The molecular weight excluding hydrogens is 564 g/mol. The molecule has 1 aliphatic rings. The highest BCUT2D eigenvalue weighted by molar-refractivity contribution is 5.97. The van der Waals surface area contributed by atoms with Crippen molar-refractivity contribution < 1.29 is 33.8 Å².